The van der Waals surface area contributed by atoms with Crippen LogP contribution < -0.4 is 9.46 Å². The normalized spacial score (nSPS) is 11.5. The molecular weight excluding hydrogens is 268 g/mol. The third-order valence-corrected chi connectivity index (χ3v) is 3.75. The van der Waals surface area contributed by atoms with Crippen molar-refractivity contribution < 1.29 is 13.2 Å². The molecular formula is C11H14N4O3S. The van der Waals surface area contributed by atoms with Crippen molar-refractivity contribution in [3.8, 4) is 5.88 Å². The first-order valence-corrected chi connectivity index (χ1v) is 7.00. The largest absolute Gasteiger partial charge is 0.481 e. The molecule has 7 nitrogen and oxygen atoms in total. The first kappa shape index (κ1) is 13.5. The molecule has 0 aliphatic carbocycles. The summed E-state index contributed by atoms with van der Waals surface area (Å²) in [6, 6.07) is 3.38. The van der Waals surface area contributed by atoms with Gasteiger partial charge in [0, 0.05) is 18.8 Å². The van der Waals surface area contributed by atoms with Crippen LogP contribution in [0.25, 0.3) is 0 Å². The van der Waals surface area contributed by atoms with Crippen LogP contribution in [0.5, 0.6) is 5.88 Å². The Labute approximate surface area is 111 Å². The van der Waals surface area contributed by atoms with Gasteiger partial charge in [-0.3, -0.25) is 0 Å². The minimum atomic E-state index is -3.59. The molecule has 2 aromatic rings. The number of nitrogens with one attached hydrogen (secondary N) is 2. The fourth-order valence-corrected chi connectivity index (χ4v) is 2.45. The van der Waals surface area contributed by atoms with Crippen molar-refractivity contribution in [2.75, 3.05) is 7.11 Å². The number of aromatic amines is 1. The second-order valence-corrected chi connectivity index (χ2v) is 5.60. The first-order chi connectivity index (χ1) is 9.01. The molecule has 2 rings (SSSR count). The topological polar surface area (TPSA) is 97.0 Å². The van der Waals surface area contributed by atoms with Crippen LogP contribution in [-0.4, -0.2) is 30.5 Å². The highest BCUT2D eigenvalue weighted by Gasteiger charge is 2.16. The SMILES string of the molecule is COc1cc(CNS(=O)(=O)c2cnc(C)[nH]2)ccn1. The highest BCUT2D eigenvalue weighted by atomic mass is 32.2. The number of aromatic nitrogens is 3. The van der Waals surface area contributed by atoms with Crippen molar-refractivity contribution in [3.05, 3.63) is 35.9 Å². The van der Waals surface area contributed by atoms with E-state index in [2.05, 4.69) is 19.7 Å². The molecule has 0 saturated carbocycles. The molecule has 0 aromatic carbocycles. The summed E-state index contributed by atoms with van der Waals surface area (Å²) in [6.45, 7) is 1.84. The summed E-state index contributed by atoms with van der Waals surface area (Å²) in [5.74, 6) is 0.986. The van der Waals surface area contributed by atoms with E-state index in [-0.39, 0.29) is 11.6 Å². The van der Waals surface area contributed by atoms with Crippen molar-refractivity contribution in [3.63, 3.8) is 0 Å². The molecule has 0 aliphatic rings. The van der Waals surface area contributed by atoms with Crippen molar-refractivity contribution in [1.82, 2.24) is 19.7 Å². The summed E-state index contributed by atoms with van der Waals surface area (Å²) in [6.07, 6.45) is 2.84. The molecule has 0 fully saturated rings. The lowest BCUT2D eigenvalue weighted by Gasteiger charge is -2.05. The zero-order valence-corrected chi connectivity index (χ0v) is 11.4. The molecule has 2 N–H and O–H groups in total. The van der Waals surface area contributed by atoms with E-state index in [9.17, 15) is 8.42 Å². The molecule has 102 valence electrons. The number of imidazole rings is 1. The Morgan fingerprint density at radius 3 is 2.84 bits per heavy atom. The van der Waals surface area contributed by atoms with Gasteiger partial charge < -0.3 is 9.72 Å². The maximum absolute atomic E-state index is 11.9. The van der Waals surface area contributed by atoms with Gasteiger partial charge in [-0.15, -0.1) is 0 Å². The molecule has 0 amide bonds. The molecule has 19 heavy (non-hydrogen) atoms. The van der Waals surface area contributed by atoms with Gasteiger partial charge >= 0.3 is 0 Å². The molecule has 0 unspecified atom stereocenters. The van der Waals surface area contributed by atoms with Gasteiger partial charge in [-0.25, -0.2) is 23.1 Å². The summed E-state index contributed by atoms with van der Waals surface area (Å²) in [5.41, 5.74) is 0.756. The maximum atomic E-state index is 11.9. The number of H-pyrrole nitrogens is 1. The highest BCUT2D eigenvalue weighted by molar-refractivity contribution is 7.89. The summed E-state index contributed by atoms with van der Waals surface area (Å²) in [4.78, 5) is 10.5. The van der Waals surface area contributed by atoms with E-state index in [1.807, 2.05) is 0 Å². The fraction of sp³-hybridized carbons (Fsp3) is 0.273. The van der Waals surface area contributed by atoms with Crippen molar-refractivity contribution in [2.24, 2.45) is 0 Å². The fourth-order valence-electron chi connectivity index (χ4n) is 1.46. The molecule has 2 heterocycles. The Kier molecular flexibility index (Phi) is 3.82. The average Bonchev–Trinajstić information content (AvgIpc) is 2.84. The third-order valence-electron chi connectivity index (χ3n) is 2.44. The lowest BCUT2D eigenvalue weighted by molar-refractivity contribution is 0.397. The van der Waals surface area contributed by atoms with E-state index in [1.165, 1.54) is 13.3 Å². The van der Waals surface area contributed by atoms with Crippen LogP contribution in [0.1, 0.15) is 11.4 Å². The maximum Gasteiger partial charge on any atom is 0.257 e. The predicted molar refractivity (Wildman–Crippen MR) is 68.1 cm³/mol. The van der Waals surface area contributed by atoms with Gasteiger partial charge in [0.1, 0.15) is 5.82 Å². The number of ether oxygens (including phenoxy) is 1. The second kappa shape index (κ2) is 5.37. The number of hydrogen-bond donors (Lipinski definition) is 2. The molecule has 0 atom stereocenters. The van der Waals surface area contributed by atoms with Crippen LogP contribution >= 0.6 is 0 Å². The predicted octanol–water partition coefficient (Wildman–Crippen LogP) is 0.600. The molecule has 0 spiro atoms. The smallest absolute Gasteiger partial charge is 0.257 e. The van der Waals surface area contributed by atoms with E-state index in [0.717, 1.165) is 5.56 Å². The van der Waals surface area contributed by atoms with Crippen LogP contribution in [0, 0.1) is 6.92 Å². The van der Waals surface area contributed by atoms with Crippen LogP contribution in [-0.2, 0) is 16.6 Å². The lowest BCUT2D eigenvalue weighted by Crippen LogP contribution is -2.23. The molecule has 0 saturated heterocycles. The van der Waals surface area contributed by atoms with Gasteiger partial charge in [0.15, 0.2) is 5.03 Å². The van der Waals surface area contributed by atoms with Crippen LogP contribution in [0.15, 0.2) is 29.6 Å². The first-order valence-electron chi connectivity index (χ1n) is 5.51. The standard InChI is InChI=1S/C11H14N4O3S/c1-8-13-7-11(15-8)19(16,17)14-6-9-3-4-12-10(5-9)18-2/h3-5,7,14H,6H2,1-2H3,(H,13,15). The van der Waals surface area contributed by atoms with E-state index < -0.39 is 10.0 Å². The van der Waals surface area contributed by atoms with Crippen LogP contribution in [0.2, 0.25) is 0 Å². The van der Waals surface area contributed by atoms with Gasteiger partial charge in [0.25, 0.3) is 10.0 Å². The number of hydrogen-bond acceptors (Lipinski definition) is 5. The van der Waals surface area contributed by atoms with E-state index in [1.54, 1.807) is 25.3 Å². The number of nitrogens with zero attached hydrogens (tertiary/aromatic N) is 2. The average molecular weight is 282 g/mol. The van der Waals surface area contributed by atoms with Crippen molar-refractivity contribution >= 4 is 10.0 Å². The minimum Gasteiger partial charge on any atom is -0.481 e. The number of pyridine rings is 1. The van der Waals surface area contributed by atoms with Gasteiger partial charge in [0.2, 0.25) is 5.88 Å². The Morgan fingerprint density at radius 1 is 1.42 bits per heavy atom. The number of sulfonamides is 1. The van der Waals surface area contributed by atoms with E-state index >= 15 is 0 Å². The van der Waals surface area contributed by atoms with Crippen molar-refractivity contribution in [2.45, 2.75) is 18.5 Å². The van der Waals surface area contributed by atoms with Gasteiger partial charge in [-0.05, 0) is 18.6 Å². The monoisotopic (exact) mass is 282 g/mol. The van der Waals surface area contributed by atoms with Gasteiger partial charge in [-0.2, -0.15) is 0 Å². The third kappa shape index (κ3) is 3.30. The Morgan fingerprint density at radius 2 is 2.21 bits per heavy atom. The van der Waals surface area contributed by atoms with E-state index in [0.29, 0.717) is 11.7 Å². The Bertz CT molecular complexity index is 666. The van der Waals surface area contributed by atoms with Crippen molar-refractivity contribution in [1.29, 1.82) is 0 Å². The zero-order chi connectivity index (χ0) is 13.9. The van der Waals surface area contributed by atoms with Gasteiger partial charge in [0.05, 0.1) is 13.3 Å². The summed E-state index contributed by atoms with van der Waals surface area (Å²) < 4.78 is 31.3. The van der Waals surface area contributed by atoms with Crippen LogP contribution in [0.3, 0.4) is 0 Å². The number of methoxy groups -OCH3 is 1. The van der Waals surface area contributed by atoms with Gasteiger partial charge in [-0.1, -0.05) is 0 Å². The molecule has 0 radical (unpaired) electrons. The number of rotatable bonds is 5. The Hall–Kier alpha value is -1.93. The summed E-state index contributed by atoms with van der Waals surface area (Å²) in [5, 5.41) is 0.0472. The Balaban J connectivity index is 2.09. The molecule has 0 aliphatic heterocycles. The minimum absolute atomic E-state index is 0.0472. The zero-order valence-electron chi connectivity index (χ0n) is 10.5. The lowest BCUT2D eigenvalue weighted by atomic mass is 10.3. The molecule has 2 aromatic heterocycles. The quantitative estimate of drug-likeness (QED) is 0.837. The number of aryl methyl sites for hydroxylation is 1. The summed E-state index contributed by atoms with van der Waals surface area (Å²) in [7, 11) is -2.08. The molecule has 8 heteroatoms. The second-order valence-electron chi connectivity index (χ2n) is 3.86. The van der Waals surface area contributed by atoms with Crippen LogP contribution in [0.4, 0.5) is 0 Å². The van der Waals surface area contributed by atoms with E-state index in [4.69, 9.17) is 4.74 Å². The highest BCUT2D eigenvalue weighted by Crippen LogP contribution is 2.10. The molecule has 0 bridgehead atoms. The summed E-state index contributed by atoms with van der Waals surface area (Å²) >= 11 is 0.